The normalized spacial score (nSPS) is 17.8. The first-order chi connectivity index (χ1) is 11.0. The Kier molecular flexibility index (Phi) is 5.90. The zero-order valence-electron chi connectivity index (χ0n) is 12.6. The third-order valence-corrected chi connectivity index (χ3v) is 3.81. The van der Waals surface area contributed by atoms with E-state index in [1.807, 2.05) is 0 Å². The lowest BCUT2D eigenvalue weighted by Gasteiger charge is -2.30. The van der Waals surface area contributed by atoms with Gasteiger partial charge in [-0.05, 0) is 31.4 Å². The summed E-state index contributed by atoms with van der Waals surface area (Å²) in [6.45, 7) is 0.933. The Balaban J connectivity index is 1.73. The molecule has 1 aromatic rings. The lowest BCUT2D eigenvalue weighted by atomic mass is 9.98. The number of carboxylic acid groups (broad SMARTS) is 1. The van der Waals surface area contributed by atoms with Gasteiger partial charge in [0, 0.05) is 25.6 Å². The molecule has 7 heteroatoms. The highest BCUT2D eigenvalue weighted by Gasteiger charge is 2.27. The third kappa shape index (κ3) is 4.91. The lowest BCUT2D eigenvalue weighted by molar-refractivity contribution is -0.145. The number of likely N-dealkylation sites (tertiary alicyclic amines) is 1. The second-order valence-electron chi connectivity index (χ2n) is 5.54. The van der Waals surface area contributed by atoms with Gasteiger partial charge in [0.1, 0.15) is 5.82 Å². The van der Waals surface area contributed by atoms with Gasteiger partial charge in [-0.1, -0.05) is 0 Å². The molecule has 23 heavy (non-hydrogen) atoms. The van der Waals surface area contributed by atoms with Crippen molar-refractivity contribution in [3.8, 4) is 5.75 Å². The van der Waals surface area contributed by atoms with Gasteiger partial charge in [-0.3, -0.25) is 9.59 Å². The van der Waals surface area contributed by atoms with Crippen LogP contribution in [0.4, 0.5) is 8.78 Å². The monoisotopic (exact) mass is 327 g/mol. The van der Waals surface area contributed by atoms with E-state index < -0.39 is 23.5 Å². The maximum absolute atomic E-state index is 13.4. The molecule has 126 valence electrons. The molecule has 0 saturated carbocycles. The van der Waals surface area contributed by atoms with Crippen molar-refractivity contribution >= 4 is 11.9 Å². The SMILES string of the molecule is O=C(O)[C@H]1CCCN(C(=O)CCCOc2ccc(F)cc2F)C1. The van der Waals surface area contributed by atoms with E-state index in [0.717, 1.165) is 12.1 Å². The number of carbonyl (C=O) groups excluding carboxylic acids is 1. The van der Waals surface area contributed by atoms with Crippen molar-refractivity contribution in [2.75, 3.05) is 19.7 Å². The summed E-state index contributed by atoms with van der Waals surface area (Å²) in [6.07, 6.45) is 1.85. The zero-order valence-corrected chi connectivity index (χ0v) is 12.6. The summed E-state index contributed by atoms with van der Waals surface area (Å²) in [4.78, 5) is 24.6. The molecule has 0 aliphatic carbocycles. The lowest BCUT2D eigenvalue weighted by Crippen LogP contribution is -2.42. The minimum atomic E-state index is -0.877. The molecule has 1 aliphatic rings. The first kappa shape index (κ1) is 17.2. The van der Waals surface area contributed by atoms with Gasteiger partial charge in [0.05, 0.1) is 12.5 Å². The first-order valence-electron chi connectivity index (χ1n) is 7.56. The Morgan fingerprint density at radius 2 is 2.13 bits per heavy atom. The zero-order chi connectivity index (χ0) is 16.8. The minimum absolute atomic E-state index is 0.0530. The summed E-state index contributed by atoms with van der Waals surface area (Å²) in [6, 6.07) is 3.04. The summed E-state index contributed by atoms with van der Waals surface area (Å²) >= 11 is 0. The van der Waals surface area contributed by atoms with Crippen LogP contribution in [-0.4, -0.2) is 41.6 Å². The number of amides is 1. The van der Waals surface area contributed by atoms with Gasteiger partial charge in [-0.25, -0.2) is 8.78 Å². The molecule has 1 heterocycles. The summed E-state index contributed by atoms with van der Waals surface area (Å²) in [7, 11) is 0. The Morgan fingerprint density at radius 1 is 1.35 bits per heavy atom. The molecule has 1 amide bonds. The molecule has 0 bridgehead atoms. The number of hydrogen-bond acceptors (Lipinski definition) is 3. The molecule has 0 aromatic heterocycles. The van der Waals surface area contributed by atoms with Crippen molar-refractivity contribution in [1.29, 1.82) is 0 Å². The van der Waals surface area contributed by atoms with Gasteiger partial charge >= 0.3 is 5.97 Å². The van der Waals surface area contributed by atoms with Crippen LogP contribution in [0.2, 0.25) is 0 Å². The average molecular weight is 327 g/mol. The number of ether oxygens (including phenoxy) is 1. The van der Waals surface area contributed by atoms with Crippen molar-refractivity contribution in [2.45, 2.75) is 25.7 Å². The van der Waals surface area contributed by atoms with Gasteiger partial charge in [0.15, 0.2) is 11.6 Å². The van der Waals surface area contributed by atoms with E-state index in [9.17, 15) is 18.4 Å². The summed E-state index contributed by atoms with van der Waals surface area (Å²) in [5, 5.41) is 9.00. The number of halogens is 2. The quantitative estimate of drug-likeness (QED) is 0.815. The number of nitrogens with zero attached hydrogens (tertiary/aromatic N) is 1. The Labute approximate surface area is 132 Å². The topological polar surface area (TPSA) is 66.8 Å². The molecule has 1 fully saturated rings. The average Bonchev–Trinajstić information content (AvgIpc) is 2.53. The van der Waals surface area contributed by atoms with E-state index in [2.05, 4.69) is 0 Å². The Hall–Kier alpha value is -2.18. The van der Waals surface area contributed by atoms with Crippen molar-refractivity contribution < 1.29 is 28.2 Å². The largest absolute Gasteiger partial charge is 0.491 e. The minimum Gasteiger partial charge on any atom is -0.491 e. The molecule has 0 unspecified atom stereocenters. The van der Waals surface area contributed by atoms with Crippen molar-refractivity contribution in [3.05, 3.63) is 29.8 Å². The predicted molar refractivity (Wildman–Crippen MR) is 78.0 cm³/mol. The first-order valence-corrected chi connectivity index (χ1v) is 7.56. The van der Waals surface area contributed by atoms with Crippen LogP contribution in [0.5, 0.6) is 5.75 Å². The molecular formula is C16H19F2NO4. The van der Waals surface area contributed by atoms with E-state index in [4.69, 9.17) is 9.84 Å². The molecule has 2 rings (SSSR count). The van der Waals surface area contributed by atoms with E-state index in [1.54, 1.807) is 4.90 Å². The fraction of sp³-hybridized carbons (Fsp3) is 0.500. The van der Waals surface area contributed by atoms with Gasteiger partial charge in [0.2, 0.25) is 5.91 Å². The highest BCUT2D eigenvalue weighted by molar-refractivity contribution is 5.78. The van der Waals surface area contributed by atoms with Gasteiger partial charge in [0.25, 0.3) is 0 Å². The number of benzene rings is 1. The molecule has 1 aliphatic heterocycles. The fourth-order valence-electron chi connectivity index (χ4n) is 2.56. The molecule has 1 saturated heterocycles. The van der Waals surface area contributed by atoms with E-state index in [1.165, 1.54) is 6.07 Å². The predicted octanol–water partition coefficient (Wildman–Crippen LogP) is 2.45. The molecular weight excluding hydrogens is 308 g/mol. The molecule has 1 N–H and O–H groups in total. The van der Waals surface area contributed by atoms with Crippen LogP contribution in [0.3, 0.4) is 0 Å². The standard InChI is InChI=1S/C16H19F2NO4/c17-12-5-6-14(13(18)9-12)23-8-2-4-15(20)19-7-1-3-11(10-19)16(21)22/h5-6,9,11H,1-4,7-8,10H2,(H,21,22)/t11-/m0/s1. The molecule has 1 atom stereocenters. The van der Waals surface area contributed by atoms with Crippen LogP contribution in [0.1, 0.15) is 25.7 Å². The van der Waals surface area contributed by atoms with Crippen LogP contribution in [0.25, 0.3) is 0 Å². The molecule has 0 spiro atoms. The number of piperidine rings is 1. The van der Waals surface area contributed by atoms with Crippen molar-refractivity contribution in [1.82, 2.24) is 4.90 Å². The Bertz CT molecular complexity index is 579. The highest BCUT2D eigenvalue weighted by Crippen LogP contribution is 2.19. The Morgan fingerprint density at radius 3 is 2.83 bits per heavy atom. The second-order valence-corrected chi connectivity index (χ2v) is 5.54. The second kappa shape index (κ2) is 7.89. The van der Waals surface area contributed by atoms with Gasteiger partial charge in [-0.2, -0.15) is 0 Å². The summed E-state index contributed by atoms with van der Waals surface area (Å²) in [5.74, 6) is -3.02. The number of hydrogen-bond donors (Lipinski definition) is 1. The third-order valence-electron chi connectivity index (χ3n) is 3.81. The molecule has 5 nitrogen and oxygen atoms in total. The van der Waals surface area contributed by atoms with E-state index in [0.29, 0.717) is 25.8 Å². The van der Waals surface area contributed by atoms with Crippen LogP contribution in [0, 0.1) is 17.6 Å². The van der Waals surface area contributed by atoms with Gasteiger partial charge < -0.3 is 14.7 Å². The van der Waals surface area contributed by atoms with E-state index >= 15 is 0 Å². The number of rotatable bonds is 6. The smallest absolute Gasteiger partial charge is 0.308 e. The van der Waals surface area contributed by atoms with Gasteiger partial charge in [-0.15, -0.1) is 0 Å². The van der Waals surface area contributed by atoms with Crippen LogP contribution in [-0.2, 0) is 9.59 Å². The van der Waals surface area contributed by atoms with Crippen LogP contribution in [0.15, 0.2) is 18.2 Å². The van der Waals surface area contributed by atoms with Crippen molar-refractivity contribution in [3.63, 3.8) is 0 Å². The highest BCUT2D eigenvalue weighted by atomic mass is 19.1. The number of carbonyl (C=O) groups is 2. The number of carboxylic acids is 1. The maximum Gasteiger partial charge on any atom is 0.308 e. The maximum atomic E-state index is 13.4. The number of aliphatic carboxylic acids is 1. The fourth-order valence-corrected chi connectivity index (χ4v) is 2.56. The summed E-state index contributed by atoms with van der Waals surface area (Å²) < 4.78 is 31.3. The summed E-state index contributed by atoms with van der Waals surface area (Å²) in [5.41, 5.74) is 0. The van der Waals surface area contributed by atoms with Crippen LogP contribution < -0.4 is 4.74 Å². The van der Waals surface area contributed by atoms with E-state index in [-0.39, 0.29) is 31.2 Å². The molecule has 0 radical (unpaired) electrons. The molecule has 1 aromatic carbocycles. The van der Waals surface area contributed by atoms with Crippen LogP contribution >= 0.6 is 0 Å². The van der Waals surface area contributed by atoms with Crippen molar-refractivity contribution in [2.24, 2.45) is 5.92 Å².